The Morgan fingerprint density at radius 3 is 2.75 bits per heavy atom. The molecule has 0 spiro atoms. The molecule has 2 N–H and O–H groups in total. The minimum atomic E-state index is -0.0941. The second-order valence-electron chi connectivity index (χ2n) is 8.08. The van der Waals surface area contributed by atoms with Crippen molar-refractivity contribution in [2.75, 3.05) is 49.5 Å². The summed E-state index contributed by atoms with van der Waals surface area (Å²) in [5.74, 6) is 1.87. The van der Waals surface area contributed by atoms with Crippen molar-refractivity contribution < 1.29 is 0 Å². The van der Waals surface area contributed by atoms with Gasteiger partial charge in [-0.05, 0) is 44.2 Å². The lowest BCUT2D eigenvalue weighted by Crippen LogP contribution is -2.47. The molecule has 0 atom stereocenters. The molecule has 9 heteroatoms. The quantitative estimate of drug-likeness (QED) is 0.433. The molecule has 5 rings (SSSR count). The molecule has 3 aromatic heterocycles. The number of H-pyrrole nitrogens is 1. The molecule has 1 fully saturated rings. The lowest BCUT2D eigenvalue weighted by Gasteiger charge is -2.35. The minimum absolute atomic E-state index is 0.0941. The van der Waals surface area contributed by atoms with E-state index >= 15 is 0 Å². The fourth-order valence-corrected chi connectivity index (χ4v) is 4.41. The van der Waals surface area contributed by atoms with Crippen molar-refractivity contribution in [1.82, 2.24) is 29.4 Å². The standard InChI is InChI=1S/C23H28N8O/c1-2-31-20-15-18-17(14-19(20)28-23(31)32)22(27-16-26-18)25-8-5-9-29-10-12-30(13-11-29)21-6-3-4-7-24-21/h3-4,6-7,14-16H,2,5,8-13H2,1H3,(H,28,32)(H,25,26,27). The van der Waals surface area contributed by atoms with Crippen molar-refractivity contribution in [3.8, 4) is 0 Å². The molecule has 0 unspecified atom stereocenters. The predicted molar refractivity (Wildman–Crippen MR) is 127 cm³/mol. The molecule has 4 aromatic rings. The Kier molecular flexibility index (Phi) is 5.72. The van der Waals surface area contributed by atoms with Crippen molar-refractivity contribution >= 4 is 33.6 Å². The maximum atomic E-state index is 12.1. The van der Waals surface area contributed by atoms with Crippen molar-refractivity contribution in [2.24, 2.45) is 0 Å². The second-order valence-corrected chi connectivity index (χ2v) is 8.08. The van der Waals surface area contributed by atoms with Crippen molar-refractivity contribution in [3.63, 3.8) is 0 Å². The van der Waals surface area contributed by atoms with Gasteiger partial charge in [0.05, 0.1) is 16.6 Å². The van der Waals surface area contributed by atoms with Crippen LogP contribution in [0.3, 0.4) is 0 Å². The number of piperazine rings is 1. The summed E-state index contributed by atoms with van der Waals surface area (Å²) in [6.45, 7) is 8.57. The van der Waals surface area contributed by atoms with Gasteiger partial charge in [-0.25, -0.2) is 19.7 Å². The van der Waals surface area contributed by atoms with E-state index in [1.54, 1.807) is 10.9 Å². The lowest BCUT2D eigenvalue weighted by molar-refractivity contribution is 0.256. The molecule has 1 saturated heterocycles. The molecule has 32 heavy (non-hydrogen) atoms. The van der Waals surface area contributed by atoms with E-state index < -0.39 is 0 Å². The van der Waals surface area contributed by atoms with Gasteiger partial charge in [0.15, 0.2) is 0 Å². The van der Waals surface area contributed by atoms with E-state index in [1.807, 2.05) is 37.4 Å². The minimum Gasteiger partial charge on any atom is -0.369 e. The topological polar surface area (TPSA) is 95.0 Å². The highest BCUT2D eigenvalue weighted by molar-refractivity contribution is 5.98. The molecule has 0 amide bonds. The van der Waals surface area contributed by atoms with E-state index in [0.29, 0.717) is 6.54 Å². The molecular formula is C23H28N8O. The van der Waals surface area contributed by atoms with E-state index in [2.05, 4.69) is 41.1 Å². The number of hydrogen-bond donors (Lipinski definition) is 2. The van der Waals surface area contributed by atoms with Crippen LogP contribution in [0.25, 0.3) is 21.9 Å². The van der Waals surface area contributed by atoms with E-state index in [4.69, 9.17) is 0 Å². The van der Waals surface area contributed by atoms with E-state index in [-0.39, 0.29) is 5.69 Å². The van der Waals surface area contributed by atoms with E-state index in [9.17, 15) is 4.79 Å². The molecule has 0 radical (unpaired) electrons. The largest absolute Gasteiger partial charge is 0.369 e. The van der Waals surface area contributed by atoms with Crippen molar-refractivity contribution in [2.45, 2.75) is 19.9 Å². The molecule has 1 aliphatic heterocycles. The third-order valence-electron chi connectivity index (χ3n) is 6.14. The Morgan fingerprint density at radius 2 is 1.97 bits per heavy atom. The fraction of sp³-hybridized carbons (Fsp3) is 0.391. The number of aryl methyl sites for hydroxylation is 1. The van der Waals surface area contributed by atoms with Crippen LogP contribution in [0, 0.1) is 0 Å². The summed E-state index contributed by atoms with van der Waals surface area (Å²) in [6.07, 6.45) is 4.46. The first-order valence-corrected chi connectivity index (χ1v) is 11.2. The van der Waals surface area contributed by atoms with Crippen LogP contribution in [0.4, 0.5) is 11.6 Å². The van der Waals surface area contributed by atoms with Gasteiger partial charge in [-0.15, -0.1) is 0 Å². The highest BCUT2D eigenvalue weighted by Gasteiger charge is 2.17. The zero-order chi connectivity index (χ0) is 21.9. The number of nitrogens with zero attached hydrogens (tertiary/aromatic N) is 6. The average molecular weight is 433 g/mol. The number of aromatic nitrogens is 5. The first-order chi connectivity index (χ1) is 15.7. The van der Waals surface area contributed by atoms with Crippen molar-refractivity contribution in [3.05, 3.63) is 53.3 Å². The summed E-state index contributed by atoms with van der Waals surface area (Å²) in [4.78, 5) is 33.2. The number of imidazole rings is 1. The third-order valence-corrected chi connectivity index (χ3v) is 6.14. The molecule has 0 aliphatic carbocycles. The lowest BCUT2D eigenvalue weighted by atomic mass is 10.2. The number of rotatable bonds is 7. The zero-order valence-electron chi connectivity index (χ0n) is 18.3. The molecule has 166 valence electrons. The molecular weight excluding hydrogens is 404 g/mol. The number of anilines is 2. The van der Waals surface area contributed by atoms with Gasteiger partial charge < -0.3 is 15.2 Å². The van der Waals surface area contributed by atoms with Crippen molar-refractivity contribution in [1.29, 1.82) is 0 Å². The summed E-state index contributed by atoms with van der Waals surface area (Å²) in [5, 5.41) is 4.39. The molecule has 1 aliphatic rings. The number of pyridine rings is 1. The zero-order valence-corrected chi connectivity index (χ0v) is 18.3. The van der Waals surface area contributed by atoms with Crippen LogP contribution in [0.5, 0.6) is 0 Å². The first kappa shape index (κ1) is 20.4. The summed E-state index contributed by atoms with van der Waals surface area (Å²) < 4.78 is 1.72. The summed E-state index contributed by atoms with van der Waals surface area (Å²) in [6, 6.07) is 10.00. The van der Waals surface area contributed by atoms with Gasteiger partial charge in [-0.1, -0.05) is 6.07 Å². The van der Waals surface area contributed by atoms with Crippen LogP contribution in [-0.2, 0) is 6.54 Å². The maximum Gasteiger partial charge on any atom is 0.326 e. The van der Waals surface area contributed by atoms with Crippen LogP contribution in [-0.4, -0.2) is 68.7 Å². The summed E-state index contributed by atoms with van der Waals surface area (Å²) in [7, 11) is 0. The van der Waals surface area contributed by atoms with Crippen LogP contribution >= 0.6 is 0 Å². The smallest absolute Gasteiger partial charge is 0.326 e. The predicted octanol–water partition coefficient (Wildman–Crippen LogP) is 2.31. The second kappa shape index (κ2) is 8.96. The Morgan fingerprint density at radius 1 is 1.09 bits per heavy atom. The van der Waals surface area contributed by atoms with E-state index in [0.717, 1.165) is 79.3 Å². The normalized spacial score (nSPS) is 15.0. The van der Waals surface area contributed by atoms with Crippen LogP contribution in [0.15, 0.2) is 47.7 Å². The Hall–Kier alpha value is -3.46. The summed E-state index contributed by atoms with van der Waals surface area (Å²) >= 11 is 0. The molecule has 0 saturated carbocycles. The monoisotopic (exact) mass is 432 g/mol. The van der Waals surface area contributed by atoms with Gasteiger partial charge in [-0.3, -0.25) is 9.47 Å². The van der Waals surface area contributed by atoms with Gasteiger partial charge in [0.25, 0.3) is 0 Å². The molecule has 9 nitrogen and oxygen atoms in total. The Balaban J connectivity index is 1.18. The molecule has 4 heterocycles. The maximum absolute atomic E-state index is 12.1. The molecule has 1 aromatic carbocycles. The highest BCUT2D eigenvalue weighted by Crippen LogP contribution is 2.24. The van der Waals surface area contributed by atoms with Gasteiger partial charge in [0.2, 0.25) is 0 Å². The Labute approximate surface area is 186 Å². The fourth-order valence-electron chi connectivity index (χ4n) is 4.41. The van der Waals surface area contributed by atoms with Crippen LogP contribution in [0.1, 0.15) is 13.3 Å². The van der Waals surface area contributed by atoms with Gasteiger partial charge >= 0.3 is 5.69 Å². The third kappa shape index (κ3) is 4.03. The van der Waals surface area contributed by atoms with Crippen LogP contribution in [0.2, 0.25) is 0 Å². The van der Waals surface area contributed by atoms with Gasteiger partial charge in [-0.2, -0.15) is 0 Å². The Bertz CT molecular complexity index is 1260. The number of benzene rings is 1. The highest BCUT2D eigenvalue weighted by atomic mass is 16.1. The first-order valence-electron chi connectivity index (χ1n) is 11.2. The van der Waals surface area contributed by atoms with Gasteiger partial charge in [0, 0.05) is 50.9 Å². The number of fused-ring (bicyclic) bond motifs is 2. The number of aromatic amines is 1. The summed E-state index contributed by atoms with van der Waals surface area (Å²) in [5.41, 5.74) is 2.43. The van der Waals surface area contributed by atoms with Gasteiger partial charge in [0.1, 0.15) is 18.0 Å². The van der Waals surface area contributed by atoms with Crippen LogP contribution < -0.4 is 15.9 Å². The molecule has 0 bridgehead atoms. The number of hydrogen-bond acceptors (Lipinski definition) is 7. The number of nitrogens with one attached hydrogen (secondary N) is 2. The van der Waals surface area contributed by atoms with E-state index in [1.165, 1.54) is 0 Å². The SMILES string of the molecule is CCn1c(=O)[nH]c2cc3c(NCCCN4CCN(c5ccccn5)CC4)ncnc3cc21. The average Bonchev–Trinajstić information content (AvgIpc) is 3.15.